The van der Waals surface area contributed by atoms with Gasteiger partial charge in [0, 0.05) is 5.02 Å². The Hall–Kier alpha value is -1.22. The van der Waals surface area contributed by atoms with E-state index in [9.17, 15) is 4.79 Å². The molecule has 0 spiro atoms. The van der Waals surface area contributed by atoms with Gasteiger partial charge in [0.25, 0.3) is 0 Å². The third-order valence-corrected chi connectivity index (χ3v) is 1.95. The summed E-state index contributed by atoms with van der Waals surface area (Å²) >= 11 is 5.75. The van der Waals surface area contributed by atoms with Crippen LogP contribution in [0.1, 0.15) is 12.0 Å². The van der Waals surface area contributed by atoms with Gasteiger partial charge < -0.3 is 9.84 Å². The average molecular weight is 215 g/mol. The third kappa shape index (κ3) is 3.26. The minimum atomic E-state index is -0.864. The highest BCUT2D eigenvalue weighted by molar-refractivity contribution is 6.30. The Morgan fingerprint density at radius 1 is 1.57 bits per heavy atom. The molecule has 0 aliphatic carbocycles. The maximum atomic E-state index is 10.2. The largest absolute Gasteiger partial charge is 0.493 e. The first-order chi connectivity index (χ1) is 6.59. The minimum absolute atomic E-state index is 0.00205. The van der Waals surface area contributed by atoms with Crippen molar-refractivity contribution in [2.75, 3.05) is 6.61 Å². The fraction of sp³-hybridized carbons (Fsp3) is 0.300. The normalized spacial score (nSPS) is 9.86. The smallest absolute Gasteiger partial charge is 0.306 e. The van der Waals surface area contributed by atoms with Crippen LogP contribution >= 0.6 is 11.6 Å². The summed E-state index contributed by atoms with van der Waals surface area (Å²) in [5.74, 6) is -0.188. The first-order valence-corrected chi connectivity index (χ1v) is 4.58. The van der Waals surface area contributed by atoms with Crippen LogP contribution in [0.5, 0.6) is 5.75 Å². The highest BCUT2D eigenvalue weighted by Gasteiger charge is 2.01. The van der Waals surface area contributed by atoms with Crippen LogP contribution in [0.2, 0.25) is 5.02 Å². The van der Waals surface area contributed by atoms with E-state index < -0.39 is 5.97 Å². The molecular formula is C10H11ClO3. The molecule has 0 radical (unpaired) electrons. The van der Waals surface area contributed by atoms with Gasteiger partial charge in [-0.1, -0.05) is 11.6 Å². The zero-order valence-corrected chi connectivity index (χ0v) is 8.54. The number of rotatable bonds is 4. The Labute approximate surface area is 87.3 Å². The number of ether oxygens (including phenoxy) is 1. The number of carbonyl (C=O) groups is 1. The van der Waals surface area contributed by atoms with Crippen LogP contribution in [0.15, 0.2) is 18.2 Å². The molecule has 14 heavy (non-hydrogen) atoms. The van der Waals surface area contributed by atoms with Gasteiger partial charge in [-0.3, -0.25) is 4.79 Å². The Morgan fingerprint density at radius 3 is 2.86 bits per heavy atom. The van der Waals surface area contributed by atoms with E-state index in [4.69, 9.17) is 21.4 Å². The van der Waals surface area contributed by atoms with Crippen molar-refractivity contribution in [3.05, 3.63) is 28.8 Å². The predicted octanol–water partition coefficient (Wildman–Crippen LogP) is 2.50. The molecule has 0 aliphatic heterocycles. The highest BCUT2D eigenvalue weighted by Crippen LogP contribution is 2.21. The first kappa shape index (κ1) is 10.9. The van der Waals surface area contributed by atoms with Crippen molar-refractivity contribution in [3.63, 3.8) is 0 Å². The number of aliphatic carboxylic acids is 1. The van der Waals surface area contributed by atoms with Gasteiger partial charge in [0.15, 0.2) is 0 Å². The molecule has 1 N–H and O–H groups in total. The Morgan fingerprint density at radius 2 is 2.29 bits per heavy atom. The number of carboxylic acids is 1. The molecule has 0 atom stereocenters. The fourth-order valence-corrected chi connectivity index (χ4v) is 1.25. The van der Waals surface area contributed by atoms with Crippen molar-refractivity contribution in [3.8, 4) is 5.75 Å². The van der Waals surface area contributed by atoms with Crippen molar-refractivity contribution in [1.29, 1.82) is 0 Å². The van der Waals surface area contributed by atoms with Gasteiger partial charge in [-0.2, -0.15) is 0 Å². The summed E-state index contributed by atoms with van der Waals surface area (Å²) in [4.78, 5) is 10.2. The van der Waals surface area contributed by atoms with Crippen LogP contribution in [0.4, 0.5) is 0 Å². The molecule has 4 heteroatoms. The lowest BCUT2D eigenvalue weighted by Gasteiger charge is -2.07. The molecule has 0 fully saturated rings. The molecule has 0 saturated heterocycles. The number of carboxylic acid groups (broad SMARTS) is 1. The third-order valence-electron chi connectivity index (χ3n) is 1.71. The second-order valence-electron chi connectivity index (χ2n) is 2.90. The van der Waals surface area contributed by atoms with Crippen molar-refractivity contribution >= 4 is 17.6 Å². The van der Waals surface area contributed by atoms with Crippen LogP contribution in [0.25, 0.3) is 0 Å². The second kappa shape index (κ2) is 4.86. The Kier molecular flexibility index (Phi) is 3.77. The summed E-state index contributed by atoms with van der Waals surface area (Å²) in [6, 6.07) is 5.22. The maximum absolute atomic E-state index is 10.2. The number of hydrogen-bond acceptors (Lipinski definition) is 2. The molecule has 0 heterocycles. The summed E-state index contributed by atoms with van der Waals surface area (Å²) in [5, 5.41) is 9.05. The number of halogens is 1. The summed E-state index contributed by atoms with van der Waals surface area (Å²) in [5.41, 5.74) is 0.905. The van der Waals surface area contributed by atoms with Crippen molar-refractivity contribution in [2.45, 2.75) is 13.3 Å². The van der Waals surface area contributed by atoms with Gasteiger partial charge in [-0.15, -0.1) is 0 Å². The maximum Gasteiger partial charge on any atom is 0.306 e. The molecule has 0 bridgehead atoms. The monoisotopic (exact) mass is 214 g/mol. The van der Waals surface area contributed by atoms with E-state index in [-0.39, 0.29) is 13.0 Å². The number of aryl methyl sites for hydroxylation is 1. The Balaban J connectivity index is 2.55. The van der Waals surface area contributed by atoms with Crippen LogP contribution < -0.4 is 4.74 Å². The number of hydrogen-bond donors (Lipinski definition) is 1. The quantitative estimate of drug-likeness (QED) is 0.838. The molecule has 0 unspecified atom stereocenters. The molecule has 1 rings (SSSR count). The zero-order valence-electron chi connectivity index (χ0n) is 7.79. The minimum Gasteiger partial charge on any atom is -0.493 e. The van der Waals surface area contributed by atoms with Gasteiger partial charge in [0.05, 0.1) is 13.0 Å². The highest BCUT2D eigenvalue weighted by atomic mass is 35.5. The van der Waals surface area contributed by atoms with Gasteiger partial charge in [-0.05, 0) is 30.7 Å². The zero-order chi connectivity index (χ0) is 10.6. The molecule has 0 saturated carbocycles. The van der Waals surface area contributed by atoms with Crippen LogP contribution in [-0.2, 0) is 4.79 Å². The van der Waals surface area contributed by atoms with Crippen LogP contribution in [0, 0.1) is 6.92 Å². The standard InChI is InChI=1S/C10H11ClO3/c1-7-6-8(11)2-3-9(7)14-5-4-10(12)13/h2-3,6H,4-5H2,1H3,(H,12,13). The van der Waals surface area contributed by atoms with Gasteiger partial charge in [-0.25, -0.2) is 0 Å². The average Bonchev–Trinajstić information content (AvgIpc) is 2.08. The van der Waals surface area contributed by atoms with E-state index >= 15 is 0 Å². The van der Waals surface area contributed by atoms with E-state index in [1.807, 2.05) is 6.92 Å². The van der Waals surface area contributed by atoms with Crippen LogP contribution in [0.3, 0.4) is 0 Å². The Bertz CT molecular complexity index is 336. The van der Waals surface area contributed by atoms with Gasteiger partial charge in [0.1, 0.15) is 5.75 Å². The molecule has 1 aromatic rings. The summed E-state index contributed by atoms with van der Waals surface area (Å²) in [7, 11) is 0. The van der Waals surface area contributed by atoms with Gasteiger partial charge >= 0.3 is 5.97 Å². The SMILES string of the molecule is Cc1cc(Cl)ccc1OCCC(=O)O. The molecule has 0 aliphatic rings. The lowest BCUT2D eigenvalue weighted by atomic mass is 10.2. The van der Waals surface area contributed by atoms with E-state index in [0.29, 0.717) is 10.8 Å². The number of benzene rings is 1. The van der Waals surface area contributed by atoms with E-state index in [0.717, 1.165) is 5.56 Å². The topological polar surface area (TPSA) is 46.5 Å². The van der Waals surface area contributed by atoms with Gasteiger partial charge in [0.2, 0.25) is 0 Å². The predicted molar refractivity (Wildman–Crippen MR) is 53.9 cm³/mol. The summed E-state index contributed by atoms with van der Waals surface area (Å²) in [6.07, 6.45) is 0.00205. The van der Waals surface area contributed by atoms with Crippen LogP contribution in [-0.4, -0.2) is 17.7 Å². The van der Waals surface area contributed by atoms with Crippen molar-refractivity contribution in [2.24, 2.45) is 0 Å². The van der Waals surface area contributed by atoms with Crippen molar-refractivity contribution < 1.29 is 14.6 Å². The lowest BCUT2D eigenvalue weighted by Crippen LogP contribution is -2.05. The second-order valence-corrected chi connectivity index (χ2v) is 3.34. The van der Waals surface area contributed by atoms with Crippen molar-refractivity contribution in [1.82, 2.24) is 0 Å². The lowest BCUT2D eigenvalue weighted by molar-refractivity contribution is -0.137. The molecule has 76 valence electrons. The molecule has 3 nitrogen and oxygen atoms in total. The van der Waals surface area contributed by atoms with E-state index in [1.54, 1.807) is 18.2 Å². The summed E-state index contributed by atoms with van der Waals surface area (Å²) in [6.45, 7) is 2.04. The summed E-state index contributed by atoms with van der Waals surface area (Å²) < 4.78 is 5.26. The first-order valence-electron chi connectivity index (χ1n) is 4.20. The van der Waals surface area contributed by atoms with E-state index in [1.165, 1.54) is 0 Å². The molecule has 0 aromatic heterocycles. The molecular weight excluding hydrogens is 204 g/mol. The van der Waals surface area contributed by atoms with E-state index in [2.05, 4.69) is 0 Å². The molecule has 1 aromatic carbocycles. The fourth-order valence-electron chi connectivity index (χ4n) is 1.02. The molecule has 0 amide bonds.